The Kier molecular flexibility index (Phi) is 9.00. The highest BCUT2D eigenvalue weighted by Crippen LogP contribution is 2.30. The number of hydrogen-bond acceptors (Lipinski definition) is 6. The predicted octanol–water partition coefficient (Wildman–Crippen LogP) is 4.43. The highest BCUT2D eigenvalue weighted by molar-refractivity contribution is 7.89. The van der Waals surface area contributed by atoms with Crippen molar-refractivity contribution in [1.29, 1.82) is 0 Å². The number of nitrogens with zero attached hydrogens (tertiary/aromatic N) is 2. The van der Waals surface area contributed by atoms with Crippen LogP contribution in [0.3, 0.4) is 0 Å². The van der Waals surface area contributed by atoms with E-state index < -0.39 is 16.1 Å². The van der Waals surface area contributed by atoms with Crippen molar-refractivity contribution in [3.8, 4) is 5.75 Å². The second-order valence-electron chi connectivity index (χ2n) is 9.51. The lowest BCUT2D eigenvalue weighted by Gasteiger charge is -2.33. The molecule has 2 heterocycles. The van der Waals surface area contributed by atoms with E-state index in [2.05, 4.69) is 21.9 Å². The number of pyridine rings is 1. The first-order valence-corrected chi connectivity index (χ1v) is 14.5. The molecule has 1 aromatic heterocycles. The molecule has 0 radical (unpaired) electrons. The number of likely N-dealkylation sites (tertiary alicyclic amines) is 1. The Hall–Kier alpha value is -3.17. The number of sulfonamides is 1. The fourth-order valence-corrected chi connectivity index (χ4v) is 6.14. The number of carbonyl (C=O) groups is 1. The molecule has 8 nitrogen and oxygen atoms in total. The molecule has 1 aliphatic heterocycles. The van der Waals surface area contributed by atoms with Crippen molar-refractivity contribution in [2.24, 2.45) is 5.92 Å². The van der Waals surface area contributed by atoms with E-state index in [1.165, 1.54) is 0 Å². The highest BCUT2D eigenvalue weighted by atomic mass is 32.2. The number of ether oxygens (including phenoxy) is 1. The molecule has 2 aromatic carbocycles. The SMILES string of the molecule is CCOc1cccc2c(S(=O)(=O)N[C@@H](CCCNc3ccccn3)C(=O)N3CCC(C)CC3)cccc12. The van der Waals surface area contributed by atoms with Crippen LogP contribution in [0.2, 0.25) is 0 Å². The molecule has 198 valence electrons. The van der Waals surface area contributed by atoms with Crippen molar-refractivity contribution in [3.05, 3.63) is 60.8 Å². The van der Waals surface area contributed by atoms with Crippen LogP contribution >= 0.6 is 0 Å². The number of rotatable bonds is 11. The number of carbonyl (C=O) groups excluding carboxylic acids is 1. The molecule has 1 atom stereocenters. The van der Waals surface area contributed by atoms with E-state index in [1.54, 1.807) is 35.4 Å². The van der Waals surface area contributed by atoms with Crippen LogP contribution < -0.4 is 14.8 Å². The van der Waals surface area contributed by atoms with Gasteiger partial charge in [0, 0.05) is 36.6 Å². The summed E-state index contributed by atoms with van der Waals surface area (Å²) in [6, 6.07) is 15.3. The van der Waals surface area contributed by atoms with Crippen LogP contribution in [0.15, 0.2) is 65.7 Å². The van der Waals surface area contributed by atoms with Crippen LogP contribution in [0, 0.1) is 5.92 Å². The summed E-state index contributed by atoms with van der Waals surface area (Å²) in [5.74, 6) is 1.78. The van der Waals surface area contributed by atoms with Gasteiger partial charge in [0.1, 0.15) is 17.6 Å². The maximum Gasteiger partial charge on any atom is 0.241 e. The topological polar surface area (TPSA) is 101 Å². The van der Waals surface area contributed by atoms with Crippen molar-refractivity contribution in [2.75, 3.05) is 31.6 Å². The first-order chi connectivity index (χ1) is 17.9. The fraction of sp³-hybridized carbons (Fsp3) is 0.429. The van der Waals surface area contributed by atoms with Crippen molar-refractivity contribution in [1.82, 2.24) is 14.6 Å². The fourth-order valence-electron chi connectivity index (χ4n) is 4.69. The summed E-state index contributed by atoms with van der Waals surface area (Å²) in [4.78, 5) is 19.7. The van der Waals surface area contributed by atoms with Gasteiger partial charge in [0.25, 0.3) is 0 Å². The smallest absolute Gasteiger partial charge is 0.241 e. The third-order valence-corrected chi connectivity index (χ3v) is 8.29. The average molecular weight is 525 g/mol. The van der Waals surface area contributed by atoms with Crippen molar-refractivity contribution < 1.29 is 17.9 Å². The molecule has 37 heavy (non-hydrogen) atoms. The lowest BCUT2D eigenvalue weighted by Crippen LogP contribution is -2.50. The zero-order valence-electron chi connectivity index (χ0n) is 21.5. The van der Waals surface area contributed by atoms with Gasteiger partial charge in [-0.15, -0.1) is 0 Å². The summed E-state index contributed by atoms with van der Waals surface area (Å²) in [5, 5.41) is 4.52. The summed E-state index contributed by atoms with van der Waals surface area (Å²) < 4.78 is 35.8. The van der Waals surface area contributed by atoms with Crippen molar-refractivity contribution >= 4 is 32.5 Å². The first-order valence-electron chi connectivity index (χ1n) is 13.0. The van der Waals surface area contributed by atoms with E-state index in [9.17, 15) is 13.2 Å². The van der Waals surface area contributed by atoms with Gasteiger partial charge in [-0.05, 0) is 62.8 Å². The van der Waals surface area contributed by atoms with E-state index in [0.29, 0.717) is 56.1 Å². The molecule has 1 fully saturated rings. The van der Waals surface area contributed by atoms with Crippen LogP contribution in [0.4, 0.5) is 5.82 Å². The quantitative estimate of drug-likeness (QED) is 0.360. The third kappa shape index (κ3) is 6.78. The number of amides is 1. The normalized spacial score (nSPS) is 15.5. The number of hydrogen-bond donors (Lipinski definition) is 2. The van der Waals surface area contributed by atoms with Crippen LogP contribution in [0.5, 0.6) is 5.75 Å². The highest BCUT2D eigenvalue weighted by Gasteiger charge is 2.31. The van der Waals surface area contributed by atoms with Crippen molar-refractivity contribution in [3.63, 3.8) is 0 Å². The number of aromatic nitrogens is 1. The molecular weight excluding hydrogens is 488 g/mol. The molecule has 9 heteroatoms. The molecule has 0 unspecified atom stereocenters. The Morgan fingerprint density at radius 3 is 2.57 bits per heavy atom. The van der Waals surface area contributed by atoms with Gasteiger partial charge in [0.15, 0.2) is 0 Å². The third-order valence-electron chi connectivity index (χ3n) is 6.76. The number of benzene rings is 2. The molecule has 0 saturated carbocycles. The second-order valence-corrected chi connectivity index (χ2v) is 11.2. The lowest BCUT2D eigenvalue weighted by atomic mass is 9.98. The summed E-state index contributed by atoms with van der Waals surface area (Å²) in [6.07, 6.45) is 4.54. The van der Waals surface area contributed by atoms with E-state index in [-0.39, 0.29) is 10.8 Å². The van der Waals surface area contributed by atoms with Gasteiger partial charge in [-0.1, -0.05) is 37.3 Å². The van der Waals surface area contributed by atoms with E-state index in [4.69, 9.17) is 4.74 Å². The molecule has 2 N–H and O–H groups in total. The van der Waals surface area contributed by atoms with Gasteiger partial charge in [0.2, 0.25) is 15.9 Å². The second kappa shape index (κ2) is 12.4. The Morgan fingerprint density at radius 1 is 1.08 bits per heavy atom. The maximum absolute atomic E-state index is 13.7. The predicted molar refractivity (Wildman–Crippen MR) is 146 cm³/mol. The summed E-state index contributed by atoms with van der Waals surface area (Å²) in [6.45, 7) is 6.42. The number of nitrogens with one attached hydrogen (secondary N) is 2. The summed E-state index contributed by atoms with van der Waals surface area (Å²) in [7, 11) is -3.99. The number of anilines is 1. The van der Waals surface area contributed by atoms with Crippen LogP contribution in [-0.4, -0.2) is 56.5 Å². The lowest BCUT2D eigenvalue weighted by molar-refractivity contribution is -0.134. The standard InChI is InChI=1S/C28H36N4O4S/c1-3-36-25-12-6-10-23-22(25)9-7-13-26(23)37(34,35)31-24(28(33)32-19-15-21(2)16-20-32)11-8-18-30-27-14-4-5-17-29-27/h4-7,9-10,12-14,17,21,24,31H,3,8,11,15-16,18-20H2,1-2H3,(H,29,30)/t24-/m0/s1. The molecule has 1 saturated heterocycles. The Balaban J connectivity index is 1.55. The molecule has 0 aliphatic carbocycles. The molecular formula is C28H36N4O4S. The van der Waals surface area contributed by atoms with E-state index in [0.717, 1.165) is 24.0 Å². The summed E-state index contributed by atoms with van der Waals surface area (Å²) >= 11 is 0. The zero-order valence-corrected chi connectivity index (χ0v) is 22.3. The molecule has 0 spiro atoms. The Labute approximate surface area is 219 Å². The Bertz CT molecular complexity index is 1290. The van der Waals surface area contributed by atoms with Crippen molar-refractivity contribution in [2.45, 2.75) is 50.5 Å². The van der Waals surface area contributed by atoms with Gasteiger partial charge >= 0.3 is 0 Å². The molecule has 1 aliphatic rings. The van der Waals surface area contributed by atoms with Gasteiger partial charge in [0.05, 0.1) is 11.5 Å². The molecule has 4 rings (SSSR count). The average Bonchev–Trinajstić information content (AvgIpc) is 2.91. The van der Waals surface area contributed by atoms with Gasteiger partial charge in [-0.3, -0.25) is 4.79 Å². The Morgan fingerprint density at radius 2 is 1.84 bits per heavy atom. The largest absolute Gasteiger partial charge is 0.493 e. The number of piperidine rings is 1. The van der Waals surface area contributed by atoms with Crippen LogP contribution in [0.25, 0.3) is 10.8 Å². The first kappa shape index (κ1) is 26.9. The summed E-state index contributed by atoms with van der Waals surface area (Å²) in [5.41, 5.74) is 0. The van der Waals surface area contributed by atoms with Gasteiger partial charge in [-0.25, -0.2) is 13.4 Å². The minimum absolute atomic E-state index is 0.142. The molecule has 3 aromatic rings. The molecule has 1 amide bonds. The molecule has 0 bridgehead atoms. The number of fused-ring (bicyclic) bond motifs is 1. The monoisotopic (exact) mass is 524 g/mol. The van der Waals surface area contributed by atoms with Gasteiger partial charge in [-0.2, -0.15) is 4.72 Å². The van der Waals surface area contributed by atoms with Crippen LogP contribution in [0.1, 0.15) is 39.5 Å². The zero-order chi connectivity index (χ0) is 26.3. The van der Waals surface area contributed by atoms with E-state index in [1.807, 2.05) is 37.3 Å². The van der Waals surface area contributed by atoms with E-state index >= 15 is 0 Å². The van der Waals surface area contributed by atoms with Gasteiger partial charge < -0.3 is 15.0 Å². The minimum atomic E-state index is -3.99. The minimum Gasteiger partial charge on any atom is -0.493 e. The van der Waals surface area contributed by atoms with Crippen LogP contribution in [-0.2, 0) is 14.8 Å². The maximum atomic E-state index is 13.7.